The van der Waals surface area contributed by atoms with Crippen LogP contribution in [-0.2, 0) is 22.4 Å². The van der Waals surface area contributed by atoms with Gasteiger partial charge in [0.25, 0.3) is 0 Å². The minimum atomic E-state index is -0.328. The molecule has 0 aromatic carbocycles. The van der Waals surface area contributed by atoms with Gasteiger partial charge in [-0.25, -0.2) is 4.79 Å². The largest absolute Gasteiger partial charge is 0.462 e. The first-order valence-corrected chi connectivity index (χ1v) is 10.3. The monoisotopic (exact) mass is 377 g/mol. The maximum atomic E-state index is 12.6. The van der Waals surface area contributed by atoms with Crippen LogP contribution >= 0.6 is 11.3 Å². The number of thiophene rings is 1. The Bertz CT molecular complexity index is 711. The van der Waals surface area contributed by atoms with Crippen LogP contribution in [0.15, 0.2) is 11.6 Å². The molecular formula is C21H31NO3S. The molecule has 0 bridgehead atoms. The SMILES string of the molecule is CCOC(=O)c1c(NC(=O)C=C(C)C)sc2c1CCC(C(C)(C)CC)C2. The first-order valence-electron chi connectivity index (χ1n) is 9.47. The molecule has 5 heteroatoms. The molecule has 1 amide bonds. The van der Waals surface area contributed by atoms with Crippen molar-refractivity contribution in [3.05, 3.63) is 27.7 Å². The fourth-order valence-corrected chi connectivity index (χ4v) is 4.78. The number of carbonyl (C=O) groups excluding carboxylic acids is 2. The second kappa shape index (κ2) is 8.38. The standard InChI is InChI=1S/C21H31NO3S/c1-7-21(5,6)14-9-10-15-16(12-14)26-19(18(15)20(24)25-8-2)22-17(23)11-13(3)4/h11,14H,7-10,12H2,1-6H3,(H,22,23). The van der Waals surface area contributed by atoms with Gasteiger partial charge in [-0.05, 0) is 56.9 Å². The number of hydrogen-bond acceptors (Lipinski definition) is 4. The van der Waals surface area contributed by atoms with Crippen molar-refractivity contribution in [1.82, 2.24) is 0 Å². The van der Waals surface area contributed by atoms with Crippen LogP contribution in [0.3, 0.4) is 0 Å². The molecule has 0 spiro atoms. The molecule has 0 aliphatic heterocycles. The third kappa shape index (κ3) is 4.56. The molecule has 1 aromatic heterocycles. The van der Waals surface area contributed by atoms with Crippen LogP contribution in [-0.4, -0.2) is 18.5 Å². The summed E-state index contributed by atoms with van der Waals surface area (Å²) in [5.74, 6) is 0.0697. The minimum Gasteiger partial charge on any atom is -0.462 e. The lowest BCUT2D eigenvalue weighted by molar-refractivity contribution is -0.111. The van der Waals surface area contributed by atoms with E-state index >= 15 is 0 Å². The van der Waals surface area contributed by atoms with Gasteiger partial charge in [-0.2, -0.15) is 0 Å². The van der Waals surface area contributed by atoms with E-state index in [4.69, 9.17) is 4.74 Å². The highest BCUT2D eigenvalue weighted by atomic mass is 32.1. The van der Waals surface area contributed by atoms with Gasteiger partial charge in [-0.1, -0.05) is 32.8 Å². The van der Waals surface area contributed by atoms with E-state index in [2.05, 4.69) is 26.1 Å². The van der Waals surface area contributed by atoms with E-state index in [1.54, 1.807) is 13.0 Å². The second-order valence-electron chi connectivity index (χ2n) is 7.92. The van der Waals surface area contributed by atoms with Crippen LogP contribution in [0.4, 0.5) is 5.00 Å². The third-order valence-electron chi connectivity index (χ3n) is 5.42. The molecule has 1 heterocycles. The number of esters is 1. The Morgan fingerprint density at radius 1 is 1.31 bits per heavy atom. The van der Waals surface area contributed by atoms with Gasteiger partial charge in [-0.15, -0.1) is 11.3 Å². The van der Waals surface area contributed by atoms with E-state index in [9.17, 15) is 9.59 Å². The summed E-state index contributed by atoms with van der Waals surface area (Å²) < 4.78 is 5.27. The first kappa shape index (κ1) is 20.7. The number of carbonyl (C=O) groups is 2. The molecule has 0 radical (unpaired) electrons. The highest BCUT2D eigenvalue weighted by Crippen LogP contribution is 2.45. The van der Waals surface area contributed by atoms with Gasteiger partial charge in [0, 0.05) is 11.0 Å². The van der Waals surface area contributed by atoms with E-state index < -0.39 is 0 Å². The predicted octanol–water partition coefficient (Wildman–Crippen LogP) is 5.37. The zero-order valence-electron chi connectivity index (χ0n) is 16.8. The van der Waals surface area contributed by atoms with Crippen molar-refractivity contribution in [2.45, 2.75) is 67.2 Å². The van der Waals surface area contributed by atoms with Crippen molar-refractivity contribution in [2.24, 2.45) is 11.3 Å². The van der Waals surface area contributed by atoms with E-state index in [0.29, 0.717) is 23.1 Å². The van der Waals surface area contributed by atoms with Crippen LogP contribution in [0, 0.1) is 11.3 Å². The maximum Gasteiger partial charge on any atom is 0.341 e. The summed E-state index contributed by atoms with van der Waals surface area (Å²) in [5.41, 5.74) is 2.84. The van der Waals surface area contributed by atoms with Gasteiger partial charge in [0.2, 0.25) is 5.91 Å². The topological polar surface area (TPSA) is 55.4 Å². The first-order chi connectivity index (χ1) is 12.2. The van der Waals surface area contributed by atoms with Crippen molar-refractivity contribution in [3.63, 3.8) is 0 Å². The number of allylic oxidation sites excluding steroid dienone is 1. The van der Waals surface area contributed by atoms with Crippen LogP contribution in [0.25, 0.3) is 0 Å². The molecule has 0 saturated carbocycles. The summed E-state index contributed by atoms with van der Waals surface area (Å²) in [7, 11) is 0. The lowest BCUT2D eigenvalue weighted by Gasteiger charge is -2.36. The number of rotatable bonds is 6. The average Bonchev–Trinajstić information content (AvgIpc) is 2.90. The molecule has 2 rings (SSSR count). The summed E-state index contributed by atoms with van der Waals surface area (Å²) in [6, 6.07) is 0. The summed E-state index contributed by atoms with van der Waals surface area (Å²) in [5, 5.41) is 3.54. The summed E-state index contributed by atoms with van der Waals surface area (Å²) >= 11 is 1.54. The van der Waals surface area contributed by atoms with Gasteiger partial charge in [-0.3, -0.25) is 4.79 Å². The Balaban J connectivity index is 2.39. The maximum absolute atomic E-state index is 12.6. The molecule has 1 aliphatic rings. The minimum absolute atomic E-state index is 0.195. The molecule has 1 aromatic rings. The molecule has 144 valence electrons. The van der Waals surface area contributed by atoms with Crippen LogP contribution < -0.4 is 5.32 Å². The van der Waals surface area contributed by atoms with Crippen molar-refractivity contribution >= 4 is 28.2 Å². The Kier molecular flexibility index (Phi) is 6.67. The van der Waals surface area contributed by atoms with Gasteiger partial charge in [0.15, 0.2) is 0 Å². The fourth-order valence-electron chi connectivity index (χ4n) is 3.46. The quantitative estimate of drug-likeness (QED) is 0.535. The number of nitrogens with one attached hydrogen (secondary N) is 1. The molecule has 1 N–H and O–H groups in total. The van der Waals surface area contributed by atoms with E-state index in [0.717, 1.165) is 36.8 Å². The molecule has 1 unspecified atom stereocenters. The second-order valence-corrected chi connectivity index (χ2v) is 9.03. The van der Waals surface area contributed by atoms with E-state index in [-0.39, 0.29) is 17.3 Å². The van der Waals surface area contributed by atoms with Gasteiger partial charge < -0.3 is 10.1 Å². The molecule has 1 atom stereocenters. The fraction of sp³-hybridized carbons (Fsp3) is 0.619. The van der Waals surface area contributed by atoms with Crippen molar-refractivity contribution in [2.75, 3.05) is 11.9 Å². The Labute approximate surface area is 161 Å². The Morgan fingerprint density at radius 3 is 2.58 bits per heavy atom. The molecule has 0 saturated heterocycles. The highest BCUT2D eigenvalue weighted by molar-refractivity contribution is 7.17. The number of hydrogen-bond donors (Lipinski definition) is 1. The smallest absolute Gasteiger partial charge is 0.341 e. The Morgan fingerprint density at radius 2 is 2.00 bits per heavy atom. The number of ether oxygens (including phenoxy) is 1. The zero-order valence-corrected chi connectivity index (χ0v) is 17.6. The van der Waals surface area contributed by atoms with E-state index in [1.165, 1.54) is 16.2 Å². The summed E-state index contributed by atoms with van der Waals surface area (Å²) in [4.78, 5) is 26.0. The van der Waals surface area contributed by atoms with Gasteiger partial charge in [0.05, 0.1) is 12.2 Å². The van der Waals surface area contributed by atoms with Crippen molar-refractivity contribution < 1.29 is 14.3 Å². The van der Waals surface area contributed by atoms with Crippen LogP contribution in [0.2, 0.25) is 0 Å². The number of fused-ring (bicyclic) bond motifs is 1. The van der Waals surface area contributed by atoms with Crippen LogP contribution in [0.1, 0.15) is 75.2 Å². The van der Waals surface area contributed by atoms with E-state index in [1.807, 2.05) is 13.8 Å². The third-order valence-corrected chi connectivity index (χ3v) is 6.59. The summed E-state index contributed by atoms with van der Waals surface area (Å²) in [6.07, 6.45) is 5.58. The lowest BCUT2D eigenvalue weighted by atomic mass is 9.69. The average molecular weight is 378 g/mol. The van der Waals surface area contributed by atoms with Crippen molar-refractivity contribution in [1.29, 1.82) is 0 Å². The molecule has 0 fully saturated rings. The molecule has 1 aliphatic carbocycles. The lowest BCUT2D eigenvalue weighted by Crippen LogP contribution is -2.28. The Hall–Kier alpha value is -1.62. The van der Waals surface area contributed by atoms with Gasteiger partial charge in [0.1, 0.15) is 5.00 Å². The predicted molar refractivity (Wildman–Crippen MR) is 108 cm³/mol. The zero-order chi connectivity index (χ0) is 19.5. The van der Waals surface area contributed by atoms with Crippen molar-refractivity contribution in [3.8, 4) is 0 Å². The molecular weight excluding hydrogens is 346 g/mol. The highest BCUT2D eigenvalue weighted by Gasteiger charge is 2.35. The normalized spacial score (nSPS) is 16.6. The summed E-state index contributed by atoms with van der Waals surface area (Å²) in [6.45, 7) is 12.8. The van der Waals surface area contributed by atoms with Gasteiger partial charge >= 0.3 is 5.97 Å². The number of anilines is 1. The number of amides is 1. The molecule has 26 heavy (non-hydrogen) atoms. The van der Waals surface area contributed by atoms with Crippen LogP contribution in [0.5, 0.6) is 0 Å². The molecule has 4 nitrogen and oxygen atoms in total.